The highest BCUT2D eigenvalue weighted by molar-refractivity contribution is 9.10. The van der Waals surface area contributed by atoms with Gasteiger partial charge < -0.3 is 10.4 Å². The lowest BCUT2D eigenvalue weighted by atomic mass is 9.66. The first-order valence-electron chi connectivity index (χ1n) is 5.91. The Balaban J connectivity index is 2.01. The zero-order valence-electron chi connectivity index (χ0n) is 10.1. The number of carbonyl (C=O) groups excluding carboxylic acids is 1. The van der Waals surface area contributed by atoms with E-state index in [1.54, 1.807) is 6.07 Å². The lowest BCUT2D eigenvalue weighted by Crippen LogP contribution is -2.41. The minimum Gasteiger partial charge on any atom is -0.481 e. The van der Waals surface area contributed by atoms with Crippen molar-refractivity contribution in [2.45, 2.75) is 25.7 Å². The van der Waals surface area contributed by atoms with Crippen molar-refractivity contribution >= 4 is 33.5 Å². The van der Waals surface area contributed by atoms with Crippen LogP contribution in [0.15, 0.2) is 22.7 Å². The minimum absolute atomic E-state index is 0.0694. The molecule has 0 heterocycles. The predicted molar refractivity (Wildman–Crippen MR) is 71.3 cm³/mol. The number of hydrogen-bond donors (Lipinski definition) is 2. The van der Waals surface area contributed by atoms with E-state index in [2.05, 4.69) is 21.2 Å². The molecule has 0 radical (unpaired) electrons. The molecule has 2 N–H and O–H groups in total. The smallest absolute Gasteiger partial charge is 0.310 e. The summed E-state index contributed by atoms with van der Waals surface area (Å²) < 4.78 is 13.6. The van der Waals surface area contributed by atoms with Crippen molar-refractivity contribution < 1.29 is 19.1 Å². The Labute approximate surface area is 118 Å². The summed E-state index contributed by atoms with van der Waals surface area (Å²) in [6, 6.07) is 4.23. The van der Waals surface area contributed by atoms with Crippen LogP contribution in [0.3, 0.4) is 0 Å². The lowest BCUT2D eigenvalue weighted by Gasteiger charge is -2.36. The molecule has 1 aliphatic rings. The third-order valence-corrected chi connectivity index (χ3v) is 4.11. The molecule has 0 saturated heterocycles. The molecule has 1 aromatic carbocycles. The highest BCUT2D eigenvalue weighted by Gasteiger charge is 2.45. The van der Waals surface area contributed by atoms with Gasteiger partial charge >= 0.3 is 5.97 Å². The van der Waals surface area contributed by atoms with Crippen LogP contribution in [0.2, 0.25) is 0 Å². The number of rotatable bonds is 4. The lowest BCUT2D eigenvalue weighted by molar-refractivity contribution is -0.157. The van der Waals surface area contributed by atoms with E-state index in [0.29, 0.717) is 23.0 Å². The van der Waals surface area contributed by atoms with E-state index in [4.69, 9.17) is 5.11 Å². The first-order valence-corrected chi connectivity index (χ1v) is 6.71. The molecular formula is C13H13BrFNO3. The van der Waals surface area contributed by atoms with Gasteiger partial charge in [0.2, 0.25) is 5.91 Å². The van der Waals surface area contributed by atoms with Gasteiger partial charge in [0.15, 0.2) is 0 Å². The molecule has 4 nitrogen and oxygen atoms in total. The van der Waals surface area contributed by atoms with E-state index in [9.17, 15) is 14.0 Å². The highest BCUT2D eigenvalue weighted by atomic mass is 79.9. The maximum Gasteiger partial charge on any atom is 0.310 e. The number of nitrogens with one attached hydrogen (secondary N) is 1. The van der Waals surface area contributed by atoms with Gasteiger partial charge in [0.25, 0.3) is 0 Å². The molecule has 6 heteroatoms. The van der Waals surface area contributed by atoms with Gasteiger partial charge in [0.1, 0.15) is 5.82 Å². The van der Waals surface area contributed by atoms with Crippen LogP contribution in [0.25, 0.3) is 0 Å². The Bertz CT molecular complexity index is 529. The quantitative estimate of drug-likeness (QED) is 0.891. The summed E-state index contributed by atoms with van der Waals surface area (Å²) in [6.07, 6.45) is 1.79. The van der Waals surface area contributed by atoms with Crippen molar-refractivity contribution in [3.05, 3.63) is 28.5 Å². The van der Waals surface area contributed by atoms with E-state index in [0.717, 1.165) is 6.42 Å². The summed E-state index contributed by atoms with van der Waals surface area (Å²) in [7, 11) is 0. The molecule has 19 heavy (non-hydrogen) atoms. The molecule has 0 aromatic heterocycles. The Hall–Kier alpha value is -1.43. The zero-order valence-corrected chi connectivity index (χ0v) is 11.7. The van der Waals surface area contributed by atoms with Crippen LogP contribution in [-0.2, 0) is 9.59 Å². The molecule has 0 bridgehead atoms. The summed E-state index contributed by atoms with van der Waals surface area (Å²) in [5.41, 5.74) is -0.608. The molecule has 0 atom stereocenters. The Morgan fingerprint density at radius 3 is 2.58 bits per heavy atom. The topological polar surface area (TPSA) is 66.4 Å². The molecule has 0 spiro atoms. The van der Waals surface area contributed by atoms with Gasteiger partial charge in [-0.2, -0.15) is 0 Å². The number of aliphatic carboxylic acids is 1. The molecule has 1 aromatic rings. The van der Waals surface area contributed by atoms with E-state index in [1.807, 2.05) is 0 Å². The van der Waals surface area contributed by atoms with Crippen LogP contribution in [0.5, 0.6) is 0 Å². The number of carboxylic acids is 1. The SMILES string of the molecule is O=C(CC1(C(=O)O)CCC1)Nc1ccc(Br)c(F)c1. The summed E-state index contributed by atoms with van der Waals surface area (Å²) >= 11 is 3.02. The van der Waals surface area contributed by atoms with Crippen molar-refractivity contribution in [1.82, 2.24) is 0 Å². The van der Waals surface area contributed by atoms with Gasteiger partial charge in [-0.05, 0) is 47.0 Å². The largest absolute Gasteiger partial charge is 0.481 e. The molecule has 2 rings (SSSR count). The van der Waals surface area contributed by atoms with Crippen molar-refractivity contribution in [2.24, 2.45) is 5.41 Å². The summed E-state index contributed by atoms with van der Waals surface area (Å²) in [5.74, 6) is -1.81. The summed E-state index contributed by atoms with van der Waals surface area (Å²) in [5, 5.41) is 11.7. The van der Waals surface area contributed by atoms with Gasteiger partial charge in [-0.25, -0.2) is 4.39 Å². The van der Waals surface area contributed by atoms with Gasteiger partial charge in [-0.15, -0.1) is 0 Å². The van der Waals surface area contributed by atoms with E-state index >= 15 is 0 Å². The first kappa shape index (κ1) is 14.0. The molecule has 1 saturated carbocycles. The fraction of sp³-hybridized carbons (Fsp3) is 0.385. The third-order valence-electron chi connectivity index (χ3n) is 3.47. The third kappa shape index (κ3) is 2.94. The van der Waals surface area contributed by atoms with Crippen LogP contribution >= 0.6 is 15.9 Å². The Morgan fingerprint density at radius 1 is 1.42 bits per heavy atom. The predicted octanol–water partition coefficient (Wildman–Crippen LogP) is 3.17. The van der Waals surface area contributed by atoms with Gasteiger partial charge in [0, 0.05) is 12.1 Å². The molecule has 102 valence electrons. The van der Waals surface area contributed by atoms with Gasteiger partial charge in [-0.1, -0.05) is 6.42 Å². The van der Waals surface area contributed by atoms with Crippen molar-refractivity contribution in [1.29, 1.82) is 0 Å². The molecule has 1 amide bonds. The van der Waals surface area contributed by atoms with Crippen molar-refractivity contribution in [3.8, 4) is 0 Å². The molecular weight excluding hydrogens is 317 g/mol. The van der Waals surface area contributed by atoms with Crippen LogP contribution in [0.4, 0.5) is 10.1 Å². The Morgan fingerprint density at radius 2 is 2.11 bits per heavy atom. The molecule has 0 aliphatic heterocycles. The normalized spacial score (nSPS) is 16.5. The fourth-order valence-corrected chi connectivity index (χ4v) is 2.40. The summed E-state index contributed by atoms with van der Waals surface area (Å²) in [6.45, 7) is 0. The first-order chi connectivity index (χ1) is 8.93. The van der Waals surface area contributed by atoms with Crippen LogP contribution in [0, 0.1) is 11.2 Å². The number of anilines is 1. The van der Waals surface area contributed by atoms with Gasteiger partial charge in [-0.3, -0.25) is 9.59 Å². The van der Waals surface area contributed by atoms with Crippen LogP contribution in [-0.4, -0.2) is 17.0 Å². The Kier molecular flexibility index (Phi) is 3.89. The maximum atomic E-state index is 13.3. The molecule has 1 aliphatic carbocycles. The maximum absolute atomic E-state index is 13.3. The standard InChI is InChI=1S/C13H13BrFNO3/c14-9-3-2-8(6-10(9)15)16-11(17)7-13(12(18)19)4-1-5-13/h2-3,6H,1,4-5,7H2,(H,16,17)(H,18,19). The fourth-order valence-electron chi connectivity index (χ4n) is 2.16. The average Bonchev–Trinajstić information content (AvgIpc) is 2.28. The number of amides is 1. The number of hydrogen-bond acceptors (Lipinski definition) is 2. The molecule has 1 fully saturated rings. The van der Waals surface area contributed by atoms with Gasteiger partial charge in [0.05, 0.1) is 9.89 Å². The number of carbonyl (C=O) groups is 2. The van der Waals surface area contributed by atoms with E-state index < -0.39 is 23.1 Å². The van der Waals surface area contributed by atoms with Crippen LogP contribution < -0.4 is 5.32 Å². The van der Waals surface area contributed by atoms with Crippen LogP contribution in [0.1, 0.15) is 25.7 Å². The van der Waals surface area contributed by atoms with E-state index in [1.165, 1.54) is 12.1 Å². The second kappa shape index (κ2) is 5.28. The average molecular weight is 330 g/mol. The second-order valence-electron chi connectivity index (χ2n) is 4.79. The number of carboxylic acid groups (broad SMARTS) is 1. The van der Waals surface area contributed by atoms with E-state index in [-0.39, 0.29) is 6.42 Å². The second-order valence-corrected chi connectivity index (χ2v) is 5.65. The molecule has 0 unspecified atom stereocenters. The zero-order chi connectivity index (χ0) is 14.0. The highest BCUT2D eigenvalue weighted by Crippen LogP contribution is 2.44. The monoisotopic (exact) mass is 329 g/mol. The van der Waals surface area contributed by atoms with Crippen molar-refractivity contribution in [2.75, 3.05) is 5.32 Å². The minimum atomic E-state index is -0.934. The number of benzene rings is 1. The summed E-state index contributed by atoms with van der Waals surface area (Å²) in [4.78, 5) is 23.0. The number of halogens is 2. The van der Waals surface area contributed by atoms with Crippen molar-refractivity contribution in [3.63, 3.8) is 0 Å².